The van der Waals surface area contributed by atoms with E-state index in [9.17, 15) is 0 Å². The summed E-state index contributed by atoms with van der Waals surface area (Å²) in [7, 11) is 0. The van der Waals surface area contributed by atoms with Crippen LogP contribution < -0.4 is 5.73 Å². The first kappa shape index (κ1) is 9.26. The Morgan fingerprint density at radius 3 is 2.67 bits per heavy atom. The predicted molar refractivity (Wildman–Crippen MR) is 49.7 cm³/mol. The second-order valence-corrected chi connectivity index (χ2v) is 3.62. The molecule has 0 aliphatic heterocycles. The fourth-order valence-corrected chi connectivity index (χ4v) is 1.23. The Labute approximate surface area is 73.6 Å². The third kappa shape index (κ3) is 2.08. The van der Waals surface area contributed by atoms with Crippen molar-refractivity contribution in [1.82, 2.24) is 9.78 Å². The van der Waals surface area contributed by atoms with Crippen LogP contribution >= 0.6 is 0 Å². The molecule has 1 aromatic rings. The fraction of sp³-hybridized carbons (Fsp3) is 0.667. The number of aromatic nitrogens is 2. The average Bonchev–Trinajstić information content (AvgIpc) is 2.33. The maximum Gasteiger partial charge on any atom is 0.0548 e. The lowest BCUT2D eigenvalue weighted by Crippen LogP contribution is -2.15. The van der Waals surface area contributed by atoms with Crippen LogP contribution in [0.2, 0.25) is 0 Å². The van der Waals surface area contributed by atoms with Crippen LogP contribution in [0.5, 0.6) is 0 Å². The van der Waals surface area contributed by atoms with Crippen molar-refractivity contribution in [3.05, 3.63) is 18.0 Å². The summed E-state index contributed by atoms with van der Waals surface area (Å²) in [6, 6.07) is 2.05. The van der Waals surface area contributed by atoms with Crippen LogP contribution in [0.15, 0.2) is 12.3 Å². The first-order valence-electron chi connectivity index (χ1n) is 4.38. The number of hydrogen-bond acceptors (Lipinski definition) is 2. The summed E-state index contributed by atoms with van der Waals surface area (Å²) in [4.78, 5) is 0. The molecule has 1 atom stereocenters. The molecule has 0 aliphatic carbocycles. The highest BCUT2D eigenvalue weighted by atomic mass is 15.3. The highest BCUT2D eigenvalue weighted by Gasteiger charge is 2.07. The van der Waals surface area contributed by atoms with Crippen molar-refractivity contribution in [2.75, 3.05) is 0 Å². The van der Waals surface area contributed by atoms with Gasteiger partial charge in [0.1, 0.15) is 0 Å². The van der Waals surface area contributed by atoms with Crippen LogP contribution in [0.1, 0.15) is 32.5 Å². The van der Waals surface area contributed by atoms with Crippen molar-refractivity contribution in [3.63, 3.8) is 0 Å². The molecule has 0 saturated carbocycles. The van der Waals surface area contributed by atoms with Gasteiger partial charge in [0, 0.05) is 18.8 Å². The molecule has 2 N–H and O–H groups in total. The normalized spacial score (nSPS) is 13.8. The van der Waals surface area contributed by atoms with E-state index in [1.54, 1.807) is 6.20 Å². The summed E-state index contributed by atoms with van der Waals surface area (Å²) in [5.41, 5.74) is 6.89. The van der Waals surface area contributed by atoms with E-state index in [0.717, 1.165) is 12.2 Å². The maximum atomic E-state index is 5.77. The molecule has 0 unspecified atom stereocenters. The molecular weight excluding hydrogens is 150 g/mol. The molecule has 3 nitrogen and oxygen atoms in total. The van der Waals surface area contributed by atoms with E-state index in [0.29, 0.717) is 5.92 Å². The van der Waals surface area contributed by atoms with Gasteiger partial charge in [-0.3, -0.25) is 4.68 Å². The number of nitrogens with two attached hydrogens (primary N) is 1. The quantitative estimate of drug-likeness (QED) is 0.742. The van der Waals surface area contributed by atoms with E-state index >= 15 is 0 Å². The lowest BCUT2D eigenvalue weighted by Gasteiger charge is -2.11. The Hall–Kier alpha value is -0.830. The molecular formula is C9H17N3. The van der Waals surface area contributed by atoms with Crippen LogP contribution in [-0.2, 0) is 6.54 Å². The molecule has 0 fully saturated rings. The Balaban J connectivity index is 2.77. The van der Waals surface area contributed by atoms with Gasteiger partial charge in [0.05, 0.1) is 5.69 Å². The van der Waals surface area contributed by atoms with E-state index in [-0.39, 0.29) is 6.04 Å². The minimum atomic E-state index is 0.0752. The number of hydrogen-bond donors (Lipinski definition) is 1. The van der Waals surface area contributed by atoms with Crippen molar-refractivity contribution in [2.45, 2.75) is 33.4 Å². The summed E-state index contributed by atoms with van der Waals surface area (Å²) in [5, 5.41) is 4.21. The monoisotopic (exact) mass is 167 g/mol. The molecule has 12 heavy (non-hydrogen) atoms. The molecule has 1 heterocycles. The van der Waals surface area contributed by atoms with Gasteiger partial charge in [-0.15, -0.1) is 0 Å². The minimum absolute atomic E-state index is 0.0752. The van der Waals surface area contributed by atoms with Crippen LogP contribution in [0.4, 0.5) is 0 Å². The Bertz CT molecular complexity index is 238. The lowest BCUT2D eigenvalue weighted by atomic mass is 10.2. The van der Waals surface area contributed by atoms with Crippen LogP contribution in [0, 0.1) is 5.92 Å². The predicted octanol–water partition coefficient (Wildman–Crippen LogP) is 1.56. The molecule has 68 valence electrons. The molecule has 1 aromatic heterocycles. The Kier molecular flexibility index (Phi) is 2.87. The highest BCUT2D eigenvalue weighted by molar-refractivity contribution is 5.04. The Morgan fingerprint density at radius 1 is 1.50 bits per heavy atom. The van der Waals surface area contributed by atoms with Crippen molar-refractivity contribution in [3.8, 4) is 0 Å². The van der Waals surface area contributed by atoms with Gasteiger partial charge in [-0.25, -0.2) is 0 Å². The second-order valence-electron chi connectivity index (χ2n) is 3.62. The van der Waals surface area contributed by atoms with Crippen LogP contribution in [0.25, 0.3) is 0 Å². The van der Waals surface area contributed by atoms with Gasteiger partial charge in [0.2, 0.25) is 0 Å². The van der Waals surface area contributed by atoms with Crippen LogP contribution in [0.3, 0.4) is 0 Å². The summed E-state index contributed by atoms with van der Waals surface area (Å²) in [6.07, 6.45) is 1.81. The third-order valence-corrected chi connectivity index (χ3v) is 1.75. The maximum absolute atomic E-state index is 5.77. The number of rotatable bonds is 3. The first-order valence-corrected chi connectivity index (χ1v) is 4.38. The zero-order chi connectivity index (χ0) is 9.14. The molecule has 0 aromatic carbocycles. The third-order valence-electron chi connectivity index (χ3n) is 1.75. The standard InChI is InChI=1S/C9H17N3/c1-7(2)6-12-9(8(3)10)4-5-11-12/h4-5,7-8H,6,10H2,1-3H3/t8-/m0/s1. The average molecular weight is 167 g/mol. The van der Waals surface area contributed by atoms with Crippen molar-refractivity contribution in [1.29, 1.82) is 0 Å². The molecule has 1 rings (SSSR count). The highest BCUT2D eigenvalue weighted by Crippen LogP contribution is 2.10. The zero-order valence-electron chi connectivity index (χ0n) is 7.99. The second kappa shape index (κ2) is 3.72. The van der Waals surface area contributed by atoms with E-state index in [4.69, 9.17) is 5.73 Å². The summed E-state index contributed by atoms with van der Waals surface area (Å²) in [5.74, 6) is 0.613. The van der Waals surface area contributed by atoms with E-state index < -0.39 is 0 Å². The van der Waals surface area contributed by atoms with Gasteiger partial charge in [0.15, 0.2) is 0 Å². The SMILES string of the molecule is CC(C)Cn1nccc1[C@H](C)N. The zero-order valence-corrected chi connectivity index (χ0v) is 7.99. The topological polar surface area (TPSA) is 43.8 Å². The van der Waals surface area contributed by atoms with Crippen molar-refractivity contribution < 1.29 is 0 Å². The summed E-state index contributed by atoms with van der Waals surface area (Å²) >= 11 is 0. The smallest absolute Gasteiger partial charge is 0.0548 e. The fourth-order valence-electron chi connectivity index (χ4n) is 1.23. The summed E-state index contributed by atoms with van der Waals surface area (Å²) < 4.78 is 1.98. The molecule has 0 radical (unpaired) electrons. The van der Waals surface area contributed by atoms with Crippen LogP contribution in [-0.4, -0.2) is 9.78 Å². The number of nitrogens with zero attached hydrogens (tertiary/aromatic N) is 2. The van der Waals surface area contributed by atoms with Gasteiger partial charge in [-0.1, -0.05) is 13.8 Å². The van der Waals surface area contributed by atoms with Gasteiger partial charge < -0.3 is 5.73 Å². The molecule has 0 aliphatic rings. The van der Waals surface area contributed by atoms with Crippen molar-refractivity contribution in [2.24, 2.45) is 11.7 Å². The van der Waals surface area contributed by atoms with E-state index in [2.05, 4.69) is 18.9 Å². The van der Waals surface area contributed by atoms with E-state index in [1.807, 2.05) is 17.7 Å². The molecule has 0 bridgehead atoms. The minimum Gasteiger partial charge on any atom is -0.323 e. The van der Waals surface area contributed by atoms with Crippen molar-refractivity contribution >= 4 is 0 Å². The molecule has 3 heteroatoms. The molecule has 0 amide bonds. The summed E-state index contributed by atoms with van der Waals surface area (Å²) in [6.45, 7) is 7.27. The van der Waals surface area contributed by atoms with Gasteiger partial charge in [0.25, 0.3) is 0 Å². The lowest BCUT2D eigenvalue weighted by molar-refractivity contribution is 0.459. The van der Waals surface area contributed by atoms with Gasteiger partial charge in [-0.2, -0.15) is 5.10 Å². The first-order chi connectivity index (χ1) is 5.61. The van der Waals surface area contributed by atoms with Gasteiger partial charge >= 0.3 is 0 Å². The van der Waals surface area contributed by atoms with E-state index in [1.165, 1.54) is 0 Å². The van der Waals surface area contributed by atoms with Gasteiger partial charge in [-0.05, 0) is 18.9 Å². The Morgan fingerprint density at radius 2 is 2.17 bits per heavy atom. The molecule has 0 saturated heterocycles. The molecule has 0 spiro atoms. The largest absolute Gasteiger partial charge is 0.323 e.